The lowest BCUT2D eigenvalue weighted by Crippen LogP contribution is -2.28. The van der Waals surface area contributed by atoms with E-state index in [1.54, 1.807) is 6.20 Å². The number of benzene rings is 2. The number of carbonyl (C=O) groups excluding carboxylic acids is 1. The van der Waals surface area contributed by atoms with Crippen molar-refractivity contribution in [2.75, 3.05) is 0 Å². The molecular weight excluding hydrogens is 305 g/mol. The van der Waals surface area contributed by atoms with Gasteiger partial charge in [0, 0.05) is 16.8 Å². The van der Waals surface area contributed by atoms with Crippen molar-refractivity contribution in [1.29, 1.82) is 0 Å². The van der Waals surface area contributed by atoms with E-state index >= 15 is 0 Å². The van der Waals surface area contributed by atoms with Gasteiger partial charge in [-0.25, -0.2) is 9.18 Å². The first kappa shape index (κ1) is 14.6. The zero-order valence-electron chi connectivity index (χ0n) is 11.6. The largest absolute Gasteiger partial charge is 0.444 e. The first-order chi connectivity index (χ1) is 10.6. The van der Waals surface area contributed by atoms with E-state index in [1.807, 2.05) is 30.3 Å². The van der Waals surface area contributed by atoms with Crippen molar-refractivity contribution in [3.63, 3.8) is 0 Å². The van der Waals surface area contributed by atoms with Crippen molar-refractivity contribution in [3.8, 4) is 0 Å². The number of hydrogen-bond acceptors (Lipinski definition) is 2. The summed E-state index contributed by atoms with van der Waals surface area (Å²) in [6.45, 7) is 0.279. The Balaban J connectivity index is 1.65. The van der Waals surface area contributed by atoms with E-state index in [0.29, 0.717) is 11.6 Å². The van der Waals surface area contributed by atoms with Gasteiger partial charge in [0.25, 0.3) is 0 Å². The number of halogens is 2. The highest BCUT2D eigenvalue weighted by Gasteiger charge is 2.18. The van der Waals surface area contributed by atoms with Gasteiger partial charge in [0.15, 0.2) is 0 Å². The topological polar surface area (TPSA) is 29.5 Å². The molecule has 3 rings (SSSR count). The third-order valence-electron chi connectivity index (χ3n) is 3.42. The molecule has 2 aromatic rings. The van der Waals surface area contributed by atoms with Crippen LogP contribution in [-0.4, -0.2) is 11.0 Å². The predicted octanol–water partition coefficient (Wildman–Crippen LogP) is 4.60. The summed E-state index contributed by atoms with van der Waals surface area (Å²) in [5, 5.41) is 0.402. The average molecular weight is 318 g/mol. The molecule has 1 amide bonds. The second-order valence-electron chi connectivity index (χ2n) is 4.93. The normalized spacial score (nSPS) is 12.9. The number of carbonyl (C=O) groups is 1. The quantitative estimate of drug-likeness (QED) is 0.810. The van der Waals surface area contributed by atoms with Crippen LogP contribution in [0.2, 0.25) is 5.02 Å². The summed E-state index contributed by atoms with van der Waals surface area (Å²) in [5.74, 6) is -0.447. The molecule has 2 aromatic carbocycles. The summed E-state index contributed by atoms with van der Waals surface area (Å²) in [5.41, 5.74) is 2.37. The number of amides is 1. The summed E-state index contributed by atoms with van der Waals surface area (Å²) < 4.78 is 18.7. The van der Waals surface area contributed by atoms with Gasteiger partial charge in [-0.2, -0.15) is 0 Å². The molecule has 0 saturated heterocycles. The first-order valence-electron chi connectivity index (χ1n) is 6.77. The van der Waals surface area contributed by atoms with Crippen LogP contribution in [0.3, 0.4) is 0 Å². The predicted molar refractivity (Wildman–Crippen MR) is 82.6 cm³/mol. The fourth-order valence-electron chi connectivity index (χ4n) is 2.25. The standard InChI is InChI=1S/C17H13ClFNO2/c18-15-5-6-16(19)14(9-15)11-22-17(21)20-8-7-12-3-1-2-4-13(12)10-20/h1-9H,10-11H2. The van der Waals surface area contributed by atoms with Crippen molar-refractivity contribution in [2.45, 2.75) is 13.2 Å². The van der Waals surface area contributed by atoms with Crippen LogP contribution in [0.1, 0.15) is 16.7 Å². The van der Waals surface area contributed by atoms with Gasteiger partial charge >= 0.3 is 6.09 Å². The Morgan fingerprint density at radius 1 is 1.27 bits per heavy atom. The fraction of sp³-hybridized carbons (Fsp3) is 0.118. The number of hydrogen-bond donors (Lipinski definition) is 0. The van der Waals surface area contributed by atoms with Gasteiger partial charge in [-0.05, 0) is 35.4 Å². The summed E-state index contributed by atoms with van der Waals surface area (Å²) in [6, 6.07) is 12.0. The van der Waals surface area contributed by atoms with Gasteiger partial charge in [0.05, 0.1) is 6.54 Å². The van der Waals surface area contributed by atoms with Crippen LogP contribution in [0.4, 0.5) is 9.18 Å². The molecule has 1 aliphatic rings. The van der Waals surface area contributed by atoms with Gasteiger partial charge in [0.2, 0.25) is 0 Å². The third kappa shape index (κ3) is 3.12. The molecule has 0 radical (unpaired) electrons. The van der Waals surface area contributed by atoms with Crippen LogP contribution < -0.4 is 0 Å². The number of rotatable bonds is 2. The van der Waals surface area contributed by atoms with E-state index in [9.17, 15) is 9.18 Å². The van der Waals surface area contributed by atoms with Gasteiger partial charge in [-0.15, -0.1) is 0 Å². The Kier molecular flexibility index (Phi) is 4.11. The van der Waals surface area contributed by atoms with Crippen molar-refractivity contribution in [1.82, 2.24) is 4.90 Å². The minimum absolute atomic E-state index is 0.156. The van der Waals surface area contributed by atoms with Crippen molar-refractivity contribution in [3.05, 3.63) is 76.2 Å². The Bertz CT molecular complexity index is 745. The molecule has 112 valence electrons. The maximum Gasteiger partial charge on any atom is 0.414 e. The van der Waals surface area contributed by atoms with Gasteiger partial charge in [-0.1, -0.05) is 35.9 Å². The monoisotopic (exact) mass is 317 g/mol. The maximum atomic E-state index is 13.6. The first-order valence-corrected chi connectivity index (χ1v) is 7.15. The van der Waals surface area contributed by atoms with Crippen molar-refractivity contribution in [2.24, 2.45) is 0 Å². The lowest BCUT2D eigenvalue weighted by Gasteiger charge is -2.23. The molecule has 0 atom stereocenters. The lowest BCUT2D eigenvalue weighted by molar-refractivity contribution is 0.107. The zero-order chi connectivity index (χ0) is 15.5. The second kappa shape index (κ2) is 6.20. The molecule has 0 unspecified atom stereocenters. The van der Waals surface area contributed by atoms with Crippen molar-refractivity contribution >= 4 is 23.8 Å². The third-order valence-corrected chi connectivity index (χ3v) is 3.66. The Labute approximate surface area is 132 Å². The molecule has 0 fully saturated rings. The molecule has 0 spiro atoms. The van der Waals surface area contributed by atoms with Crippen LogP contribution in [0.15, 0.2) is 48.7 Å². The average Bonchev–Trinajstić information content (AvgIpc) is 2.55. The summed E-state index contributed by atoms with van der Waals surface area (Å²) in [4.78, 5) is 13.5. The summed E-state index contributed by atoms with van der Waals surface area (Å²) >= 11 is 5.81. The van der Waals surface area contributed by atoms with Crippen molar-refractivity contribution < 1.29 is 13.9 Å². The van der Waals surface area contributed by atoms with E-state index < -0.39 is 11.9 Å². The molecule has 0 N–H and O–H groups in total. The number of nitrogens with zero attached hydrogens (tertiary/aromatic N) is 1. The minimum atomic E-state index is -0.523. The second-order valence-corrected chi connectivity index (χ2v) is 5.37. The van der Waals surface area contributed by atoms with Crippen LogP contribution in [0.25, 0.3) is 6.08 Å². The van der Waals surface area contributed by atoms with Gasteiger partial charge in [-0.3, -0.25) is 4.90 Å². The Morgan fingerprint density at radius 3 is 2.95 bits per heavy atom. The molecule has 1 heterocycles. The maximum absolute atomic E-state index is 13.6. The molecule has 0 aromatic heterocycles. The lowest BCUT2D eigenvalue weighted by atomic mass is 10.1. The highest BCUT2D eigenvalue weighted by molar-refractivity contribution is 6.30. The van der Waals surface area contributed by atoms with Gasteiger partial charge in [0.1, 0.15) is 12.4 Å². The van der Waals surface area contributed by atoms with Crippen LogP contribution in [-0.2, 0) is 17.9 Å². The van der Waals surface area contributed by atoms with Crippen LogP contribution in [0.5, 0.6) is 0 Å². The smallest absolute Gasteiger partial charge is 0.414 e. The van der Waals surface area contributed by atoms with Crippen LogP contribution in [0, 0.1) is 5.82 Å². The fourth-order valence-corrected chi connectivity index (χ4v) is 2.44. The minimum Gasteiger partial charge on any atom is -0.444 e. The Morgan fingerprint density at radius 2 is 2.09 bits per heavy atom. The molecule has 1 aliphatic heterocycles. The SMILES string of the molecule is O=C(OCc1cc(Cl)ccc1F)N1C=Cc2ccccc2C1. The molecule has 22 heavy (non-hydrogen) atoms. The van der Waals surface area contributed by atoms with E-state index in [1.165, 1.54) is 23.1 Å². The zero-order valence-corrected chi connectivity index (χ0v) is 12.4. The van der Waals surface area contributed by atoms with Crippen LogP contribution >= 0.6 is 11.6 Å². The van der Waals surface area contributed by atoms with E-state index in [0.717, 1.165) is 11.1 Å². The Hall–Kier alpha value is -2.33. The number of fused-ring (bicyclic) bond motifs is 1. The molecule has 5 heteroatoms. The molecule has 0 saturated carbocycles. The molecular formula is C17H13ClFNO2. The highest BCUT2D eigenvalue weighted by Crippen LogP contribution is 2.21. The highest BCUT2D eigenvalue weighted by atomic mass is 35.5. The molecule has 3 nitrogen and oxygen atoms in total. The van der Waals surface area contributed by atoms with E-state index in [4.69, 9.17) is 16.3 Å². The molecule has 0 bridgehead atoms. The summed E-state index contributed by atoms with van der Waals surface area (Å²) in [7, 11) is 0. The van der Waals surface area contributed by atoms with E-state index in [-0.39, 0.29) is 12.2 Å². The number of ether oxygens (including phenoxy) is 1. The van der Waals surface area contributed by atoms with Gasteiger partial charge < -0.3 is 4.74 Å². The summed E-state index contributed by atoms with van der Waals surface area (Å²) in [6.07, 6.45) is 2.99. The molecule has 0 aliphatic carbocycles. The van der Waals surface area contributed by atoms with E-state index in [2.05, 4.69) is 0 Å².